The van der Waals surface area contributed by atoms with Gasteiger partial charge in [-0.25, -0.2) is 9.78 Å². The normalized spacial score (nSPS) is 14.4. The number of urea groups is 1. The number of hydrogen-bond donors (Lipinski definition) is 1. The van der Waals surface area contributed by atoms with Gasteiger partial charge in [-0.1, -0.05) is 23.7 Å². The lowest BCUT2D eigenvalue weighted by molar-refractivity contribution is -0.131. The number of hydrogen-bond acceptors (Lipinski definition) is 4. The van der Waals surface area contributed by atoms with E-state index in [0.717, 1.165) is 0 Å². The number of fused-ring (bicyclic) bond motifs is 1. The Morgan fingerprint density at radius 1 is 0.968 bits per heavy atom. The van der Waals surface area contributed by atoms with Crippen molar-refractivity contribution in [1.29, 1.82) is 0 Å². The number of carbonyl (C=O) groups excluding carboxylic acids is 2. The number of carbonyl (C=O) groups is 2. The number of benzene rings is 2. The van der Waals surface area contributed by atoms with Crippen molar-refractivity contribution in [2.24, 2.45) is 0 Å². The molecule has 160 valence electrons. The van der Waals surface area contributed by atoms with Gasteiger partial charge in [0.15, 0.2) is 0 Å². The van der Waals surface area contributed by atoms with Crippen LogP contribution in [0.1, 0.15) is 6.42 Å². The van der Waals surface area contributed by atoms with Gasteiger partial charge in [0.25, 0.3) is 5.56 Å². The molecule has 3 aromatic rings. The number of amides is 3. The van der Waals surface area contributed by atoms with Crippen LogP contribution in [0.3, 0.4) is 0 Å². The lowest BCUT2D eigenvalue weighted by Gasteiger charge is -2.23. The highest BCUT2D eigenvalue weighted by Crippen LogP contribution is 2.15. The van der Waals surface area contributed by atoms with Crippen LogP contribution in [-0.4, -0.2) is 57.5 Å². The molecule has 0 atom stereocenters. The molecule has 1 aliphatic rings. The molecule has 2 aromatic carbocycles. The Balaban J connectivity index is 1.40. The summed E-state index contributed by atoms with van der Waals surface area (Å²) in [6.45, 7) is 1.84. The zero-order valence-electron chi connectivity index (χ0n) is 16.8. The Labute approximate surface area is 184 Å². The second-order valence-corrected chi connectivity index (χ2v) is 7.77. The van der Waals surface area contributed by atoms with Crippen molar-refractivity contribution in [3.63, 3.8) is 0 Å². The minimum absolute atomic E-state index is 0.0567. The summed E-state index contributed by atoms with van der Waals surface area (Å²) in [5, 5.41) is 3.45. The fourth-order valence-corrected chi connectivity index (χ4v) is 3.74. The third-order valence-corrected chi connectivity index (χ3v) is 5.53. The molecule has 9 heteroatoms. The smallest absolute Gasteiger partial charge is 0.321 e. The van der Waals surface area contributed by atoms with Gasteiger partial charge in [0.05, 0.1) is 17.2 Å². The average molecular weight is 440 g/mol. The maximum absolute atomic E-state index is 12.9. The molecular formula is C22H22ClN5O3. The van der Waals surface area contributed by atoms with E-state index in [2.05, 4.69) is 10.3 Å². The predicted octanol–water partition coefficient (Wildman–Crippen LogP) is 2.82. The van der Waals surface area contributed by atoms with Crippen LogP contribution < -0.4 is 10.9 Å². The SMILES string of the molecule is O=C(Cn1c(=O)cnc2ccccc21)N1CCCN(C(=O)Nc2ccc(Cl)cc2)CC1. The third kappa shape index (κ3) is 4.86. The third-order valence-electron chi connectivity index (χ3n) is 5.28. The Bertz CT molecular complexity index is 1160. The molecule has 1 saturated heterocycles. The predicted molar refractivity (Wildman–Crippen MR) is 119 cm³/mol. The fourth-order valence-electron chi connectivity index (χ4n) is 3.62. The number of anilines is 1. The summed E-state index contributed by atoms with van der Waals surface area (Å²) in [5.74, 6) is -0.154. The highest BCUT2D eigenvalue weighted by molar-refractivity contribution is 6.30. The molecule has 2 heterocycles. The van der Waals surface area contributed by atoms with Crippen LogP contribution in [0.2, 0.25) is 5.02 Å². The standard InChI is InChI=1S/C22H22ClN5O3/c23-16-6-8-17(9-7-16)25-22(31)27-11-3-10-26(12-13-27)21(30)15-28-19-5-2-1-4-18(19)24-14-20(28)29/h1-2,4-9,14H,3,10-13,15H2,(H,25,31). The summed E-state index contributed by atoms with van der Waals surface area (Å²) in [5.41, 5.74) is 1.64. The van der Waals surface area contributed by atoms with E-state index in [9.17, 15) is 14.4 Å². The number of halogens is 1. The van der Waals surface area contributed by atoms with E-state index >= 15 is 0 Å². The summed E-state index contributed by atoms with van der Waals surface area (Å²) < 4.78 is 1.45. The van der Waals surface area contributed by atoms with Crippen LogP contribution in [0, 0.1) is 0 Å². The van der Waals surface area contributed by atoms with Gasteiger partial charge in [-0.3, -0.25) is 14.2 Å². The molecule has 0 saturated carbocycles. The Kier molecular flexibility index (Phi) is 6.18. The van der Waals surface area contributed by atoms with E-state index in [0.29, 0.717) is 54.3 Å². The van der Waals surface area contributed by atoms with Crippen LogP contribution in [0.25, 0.3) is 11.0 Å². The first kappa shape index (κ1) is 20.9. The van der Waals surface area contributed by atoms with Crippen LogP contribution in [0.15, 0.2) is 59.5 Å². The lowest BCUT2D eigenvalue weighted by atomic mass is 10.3. The number of para-hydroxylation sites is 2. The highest BCUT2D eigenvalue weighted by Gasteiger charge is 2.23. The lowest BCUT2D eigenvalue weighted by Crippen LogP contribution is -2.41. The van der Waals surface area contributed by atoms with Crippen molar-refractivity contribution in [3.8, 4) is 0 Å². The van der Waals surface area contributed by atoms with Gasteiger partial charge < -0.3 is 15.1 Å². The Hall–Kier alpha value is -3.39. The second kappa shape index (κ2) is 9.18. The summed E-state index contributed by atoms with van der Waals surface area (Å²) in [6, 6.07) is 13.9. The Morgan fingerprint density at radius 2 is 1.68 bits per heavy atom. The molecule has 0 bridgehead atoms. The minimum Gasteiger partial charge on any atom is -0.339 e. The van der Waals surface area contributed by atoms with Gasteiger partial charge in [0, 0.05) is 36.9 Å². The summed E-state index contributed by atoms with van der Waals surface area (Å²) >= 11 is 5.88. The van der Waals surface area contributed by atoms with Gasteiger partial charge in [0.1, 0.15) is 6.54 Å². The average Bonchev–Trinajstić information content (AvgIpc) is 3.04. The van der Waals surface area contributed by atoms with Crippen molar-refractivity contribution < 1.29 is 9.59 Å². The van der Waals surface area contributed by atoms with E-state index in [4.69, 9.17) is 11.6 Å². The van der Waals surface area contributed by atoms with Crippen LogP contribution in [0.4, 0.5) is 10.5 Å². The fraction of sp³-hybridized carbons (Fsp3) is 0.273. The van der Waals surface area contributed by atoms with E-state index < -0.39 is 0 Å². The van der Waals surface area contributed by atoms with Gasteiger partial charge in [0.2, 0.25) is 5.91 Å². The summed E-state index contributed by atoms with van der Waals surface area (Å²) in [6.07, 6.45) is 1.90. The number of nitrogens with zero attached hydrogens (tertiary/aromatic N) is 4. The molecule has 1 aliphatic heterocycles. The molecule has 0 spiro atoms. The molecule has 1 N–H and O–H groups in total. The maximum atomic E-state index is 12.9. The molecule has 31 heavy (non-hydrogen) atoms. The van der Waals surface area contributed by atoms with Gasteiger partial charge in [-0.05, 0) is 42.8 Å². The van der Waals surface area contributed by atoms with Crippen molar-refractivity contribution in [2.75, 3.05) is 31.5 Å². The molecule has 4 rings (SSSR count). The van der Waals surface area contributed by atoms with E-state index in [1.807, 2.05) is 12.1 Å². The number of aromatic nitrogens is 2. The van der Waals surface area contributed by atoms with Gasteiger partial charge >= 0.3 is 6.03 Å². The molecule has 8 nitrogen and oxygen atoms in total. The first-order chi connectivity index (χ1) is 15.0. The van der Waals surface area contributed by atoms with Crippen LogP contribution >= 0.6 is 11.6 Å². The maximum Gasteiger partial charge on any atom is 0.321 e. The highest BCUT2D eigenvalue weighted by atomic mass is 35.5. The van der Waals surface area contributed by atoms with Gasteiger partial charge in [-0.2, -0.15) is 0 Å². The Morgan fingerprint density at radius 3 is 2.48 bits per heavy atom. The van der Waals surface area contributed by atoms with E-state index in [1.54, 1.807) is 46.2 Å². The zero-order valence-corrected chi connectivity index (χ0v) is 17.6. The zero-order chi connectivity index (χ0) is 21.8. The van der Waals surface area contributed by atoms with Crippen molar-refractivity contribution in [2.45, 2.75) is 13.0 Å². The quantitative estimate of drug-likeness (QED) is 0.679. The summed E-state index contributed by atoms with van der Waals surface area (Å²) in [7, 11) is 0. The minimum atomic E-state index is -0.314. The molecular weight excluding hydrogens is 418 g/mol. The molecule has 0 unspecified atom stereocenters. The van der Waals surface area contributed by atoms with E-state index in [-0.39, 0.29) is 24.0 Å². The van der Waals surface area contributed by atoms with E-state index in [1.165, 1.54) is 10.8 Å². The first-order valence-corrected chi connectivity index (χ1v) is 10.4. The van der Waals surface area contributed by atoms with Gasteiger partial charge in [-0.15, -0.1) is 0 Å². The molecule has 0 radical (unpaired) electrons. The molecule has 0 aliphatic carbocycles. The molecule has 3 amide bonds. The monoisotopic (exact) mass is 439 g/mol. The van der Waals surface area contributed by atoms with Crippen molar-refractivity contribution >= 4 is 40.3 Å². The summed E-state index contributed by atoms with van der Waals surface area (Å²) in [4.78, 5) is 45.4. The van der Waals surface area contributed by atoms with Crippen LogP contribution in [0.5, 0.6) is 0 Å². The van der Waals surface area contributed by atoms with Crippen molar-refractivity contribution in [1.82, 2.24) is 19.4 Å². The number of rotatable bonds is 3. The second-order valence-electron chi connectivity index (χ2n) is 7.33. The number of nitrogens with one attached hydrogen (secondary N) is 1. The molecule has 1 aromatic heterocycles. The largest absolute Gasteiger partial charge is 0.339 e. The molecule has 1 fully saturated rings. The topological polar surface area (TPSA) is 87.5 Å². The first-order valence-electron chi connectivity index (χ1n) is 10.0. The van der Waals surface area contributed by atoms with Crippen molar-refractivity contribution in [3.05, 3.63) is 70.1 Å². The van der Waals surface area contributed by atoms with Crippen LogP contribution in [-0.2, 0) is 11.3 Å².